The van der Waals surface area contributed by atoms with Crippen molar-refractivity contribution in [1.29, 1.82) is 0 Å². The Hall–Kier alpha value is -2.77. The van der Waals surface area contributed by atoms with Gasteiger partial charge in [0, 0.05) is 15.8 Å². The summed E-state index contributed by atoms with van der Waals surface area (Å²) in [6.07, 6.45) is 4.50. The number of carbonyl (C=O) groups excluding carboxylic acids is 1. The predicted molar refractivity (Wildman–Crippen MR) is 117 cm³/mol. The van der Waals surface area contributed by atoms with Gasteiger partial charge in [0.1, 0.15) is 11.4 Å². The number of hydrogen-bond donors (Lipinski definition) is 1. The molecule has 0 bridgehead atoms. The van der Waals surface area contributed by atoms with Gasteiger partial charge in [0.2, 0.25) is 5.91 Å². The summed E-state index contributed by atoms with van der Waals surface area (Å²) in [5.41, 5.74) is 3.21. The van der Waals surface area contributed by atoms with Crippen LogP contribution in [0.2, 0.25) is 0 Å². The van der Waals surface area contributed by atoms with Crippen LogP contribution >= 0.6 is 22.7 Å². The molecule has 5 nitrogen and oxygen atoms in total. The van der Waals surface area contributed by atoms with Crippen LogP contribution in [0.4, 0.5) is 0 Å². The zero-order chi connectivity index (χ0) is 19.8. The number of amides is 1. The summed E-state index contributed by atoms with van der Waals surface area (Å²) in [7, 11) is 0. The molecule has 3 aromatic heterocycles. The molecule has 0 saturated heterocycles. The first-order valence-electron chi connectivity index (χ1n) is 9.58. The normalized spacial score (nSPS) is 15.9. The summed E-state index contributed by atoms with van der Waals surface area (Å²) < 4.78 is 1.41. The van der Waals surface area contributed by atoms with Crippen molar-refractivity contribution < 1.29 is 4.79 Å². The zero-order valence-electron chi connectivity index (χ0n) is 15.6. The molecule has 3 heterocycles. The van der Waals surface area contributed by atoms with Crippen molar-refractivity contribution in [2.75, 3.05) is 0 Å². The molecule has 1 N–H and O–H groups in total. The summed E-state index contributed by atoms with van der Waals surface area (Å²) in [5, 5.41) is 7.66. The van der Waals surface area contributed by atoms with Crippen LogP contribution in [0.3, 0.4) is 0 Å². The summed E-state index contributed by atoms with van der Waals surface area (Å²) in [6.45, 7) is -0.0276. The van der Waals surface area contributed by atoms with E-state index < -0.39 is 0 Å². The van der Waals surface area contributed by atoms with Crippen molar-refractivity contribution in [2.24, 2.45) is 0 Å². The van der Waals surface area contributed by atoms with Crippen LogP contribution in [0, 0.1) is 0 Å². The molecule has 0 saturated carbocycles. The van der Waals surface area contributed by atoms with Crippen LogP contribution in [0.5, 0.6) is 0 Å². The molecule has 1 atom stereocenters. The molecule has 0 unspecified atom stereocenters. The van der Waals surface area contributed by atoms with Crippen molar-refractivity contribution in [3.8, 4) is 10.4 Å². The molecule has 1 aliphatic rings. The van der Waals surface area contributed by atoms with Crippen LogP contribution in [-0.2, 0) is 17.8 Å². The maximum atomic E-state index is 13.1. The minimum absolute atomic E-state index is 0.00247. The molecule has 1 amide bonds. The minimum Gasteiger partial charge on any atom is -0.348 e. The fourth-order valence-corrected chi connectivity index (χ4v) is 5.71. The maximum absolute atomic E-state index is 13.1. The number of aromatic nitrogens is 2. The van der Waals surface area contributed by atoms with E-state index >= 15 is 0 Å². The van der Waals surface area contributed by atoms with Gasteiger partial charge in [0.05, 0.1) is 17.8 Å². The summed E-state index contributed by atoms with van der Waals surface area (Å²) in [5.74, 6) is -0.164. The Morgan fingerprint density at radius 2 is 2.10 bits per heavy atom. The molecule has 4 aromatic rings. The average Bonchev–Trinajstić information content (AvgIpc) is 3.40. The number of aryl methyl sites for hydroxylation is 1. The largest absolute Gasteiger partial charge is 0.348 e. The van der Waals surface area contributed by atoms with E-state index in [4.69, 9.17) is 0 Å². The monoisotopic (exact) mass is 421 g/mol. The highest BCUT2D eigenvalue weighted by Gasteiger charge is 2.22. The van der Waals surface area contributed by atoms with E-state index in [0.29, 0.717) is 10.2 Å². The van der Waals surface area contributed by atoms with Crippen LogP contribution in [0.15, 0.2) is 58.3 Å². The van der Waals surface area contributed by atoms with Crippen molar-refractivity contribution in [3.05, 3.63) is 75.0 Å². The minimum atomic E-state index is -0.168. The quantitative estimate of drug-likeness (QED) is 0.532. The molecule has 5 rings (SSSR count). The Labute approximate surface area is 175 Å². The lowest BCUT2D eigenvalue weighted by atomic mass is 9.88. The summed E-state index contributed by atoms with van der Waals surface area (Å²) in [4.78, 5) is 32.0. The number of fused-ring (bicyclic) bond motifs is 2. The first-order valence-corrected chi connectivity index (χ1v) is 11.3. The molecule has 0 aliphatic heterocycles. The SMILES string of the molecule is O=C(Cn1cnc2scc(-c3cccs3)c2c1=O)N[C@@H]1CCCc2ccccc21. The zero-order valence-corrected chi connectivity index (χ0v) is 17.3. The van der Waals surface area contributed by atoms with Gasteiger partial charge in [-0.2, -0.15) is 0 Å². The molecular weight excluding hydrogens is 402 g/mol. The van der Waals surface area contributed by atoms with E-state index in [-0.39, 0.29) is 24.1 Å². The molecule has 0 spiro atoms. The van der Waals surface area contributed by atoms with E-state index in [1.54, 1.807) is 11.3 Å². The number of carbonyl (C=O) groups is 1. The van der Waals surface area contributed by atoms with Gasteiger partial charge < -0.3 is 5.32 Å². The highest BCUT2D eigenvalue weighted by molar-refractivity contribution is 7.18. The number of benzene rings is 1. The third kappa shape index (κ3) is 3.41. The Morgan fingerprint density at radius 3 is 2.97 bits per heavy atom. The van der Waals surface area contributed by atoms with Crippen LogP contribution in [-0.4, -0.2) is 15.5 Å². The lowest BCUT2D eigenvalue weighted by Crippen LogP contribution is -2.36. The highest BCUT2D eigenvalue weighted by Crippen LogP contribution is 2.33. The second kappa shape index (κ2) is 7.57. The molecule has 1 aliphatic carbocycles. The Kier molecular flexibility index (Phi) is 4.77. The van der Waals surface area contributed by atoms with E-state index in [9.17, 15) is 9.59 Å². The number of thiophene rings is 2. The summed E-state index contributed by atoms with van der Waals surface area (Å²) in [6, 6.07) is 12.2. The van der Waals surface area contributed by atoms with Gasteiger partial charge in [0.15, 0.2) is 0 Å². The number of rotatable bonds is 4. The second-order valence-corrected chi connectivity index (χ2v) is 9.00. The Balaban J connectivity index is 1.41. The van der Waals surface area contributed by atoms with Crippen molar-refractivity contribution in [1.82, 2.24) is 14.9 Å². The van der Waals surface area contributed by atoms with Gasteiger partial charge in [-0.15, -0.1) is 22.7 Å². The van der Waals surface area contributed by atoms with E-state index in [1.165, 1.54) is 33.4 Å². The van der Waals surface area contributed by atoms with Gasteiger partial charge in [-0.3, -0.25) is 14.2 Å². The maximum Gasteiger partial charge on any atom is 0.263 e. The van der Waals surface area contributed by atoms with Gasteiger partial charge in [-0.1, -0.05) is 30.3 Å². The molecule has 29 heavy (non-hydrogen) atoms. The van der Waals surface area contributed by atoms with Crippen LogP contribution < -0.4 is 10.9 Å². The molecular formula is C22H19N3O2S2. The number of nitrogens with zero attached hydrogens (tertiary/aromatic N) is 2. The fourth-order valence-electron chi connectivity index (χ4n) is 3.99. The van der Waals surface area contributed by atoms with Gasteiger partial charge in [-0.25, -0.2) is 4.98 Å². The smallest absolute Gasteiger partial charge is 0.263 e. The van der Waals surface area contributed by atoms with Gasteiger partial charge in [0.25, 0.3) is 5.56 Å². The molecule has 1 aromatic carbocycles. The Bertz CT molecular complexity index is 1240. The first-order chi connectivity index (χ1) is 14.2. The molecule has 146 valence electrons. The van der Waals surface area contributed by atoms with E-state index in [2.05, 4.69) is 22.4 Å². The standard InChI is InChI=1S/C22H19N3O2S2/c26-19(24-17-8-3-6-14-5-1-2-7-15(14)17)11-25-13-23-21-20(22(25)27)16(12-29-21)18-9-4-10-28-18/h1-2,4-5,7,9-10,12-13,17H,3,6,8,11H2,(H,24,26)/t17-/m1/s1. The van der Waals surface area contributed by atoms with Crippen molar-refractivity contribution in [2.45, 2.75) is 31.8 Å². The lowest BCUT2D eigenvalue weighted by molar-refractivity contribution is -0.122. The number of hydrogen-bond acceptors (Lipinski definition) is 5. The van der Waals surface area contributed by atoms with Crippen molar-refractivity contribution in [3.63, 3.8) is 0 Å². The first kappa shape index (κ1) is 18.3. The lowest BCUT2D eigenvalue weighted by Gasteiger charge is -2.26. The molecule has 0 fully saturated rings. The van der Waals surface area contributed by atoms with E-state index in [1.807, 2.05) is 35.0 Å². The number of nitrogens with one attached hydrogen (secondary N) is 1. The highest BCUT2D eigenvalue weighted by atomic mass is 32.1. The predicted octanol–water partition coefficient (Wildman–Crippen LogP) is 4.38. The van der Waals surface area contributed by atoms with Crippen LogP contribution in [0.25, 0.3) is 20.7 Å². The third-order valence-electron chi connectivity index (χ3n) is 5.37. The third-order valence-corrected chi connectivity index (χ3v) is 7.16. The van der Waals surface area contributed by atoms with Crippen LogP contribution in [0.1, 0.15) is 30.0 Å². The summed E-state index contributed by atoms with van der Waals surface area (Å²) >= 11 is 3.05. The average molecular weight is 422 g/mol. The van der Waals surface area contributed by atoms with E-state index in [0.717, 1.165) is 29.7 Å². The van der Waals surface area contributed by atoms with Crippen molar-refractivity contribution >= 4 is 38.8 Å². The fraction of sp³-hybridized carbons (Fsp3) is 0.227. The van der Waals surface area contributed by atoms with Gasteiger partial charge in [-0.05, 0) is 41.8 Å². The van der Waals surface area contributed by atoms with Gasteiger partial charge >= 0.3 is 0 Å². The molecule has 7 heteroatoms. The Morgan fingerprint density at radius 1 is 1.21 bits per heavy atom. The topological polar surface area (TPSA) is 64.0 Å². The second-order valence-electron chi connectivity index (χ2n) is 7.20. The molecule has 0 radical (unpaired) electrons.